The molecule has 0 aliphatic carbocycles. The third-order valence-corrected chi connectivity index (χ3v) is 6.55. The molecule has 0 saturated carbocycles. The summed E-state index contributed by atoms with van der Waals surface area (Å²) < 4.78 is 0. The Bertz CT molecular complexity index is 1960. The van der Waals surface area contributed by atoms with Crippen LogP contribution in [0.5, 0.6) is 0 Å². The molecule has 7 rings (SSSR count). The molecular formula is C30H20N8O. The standard InChI is InChI=1S/C30H20N8O/c39-30(18-5-2-1-3-6-18)35-21-9-20(13-32-14-21)25-11-23-28(17-34-25)37-38-29(23)26-10-22-24(15-33-16-27(22)36-26)19-7-4-8-31-12-19/h1-17,36H,(H,35,39)(H,37,38). The zero-order valence-corrected chi connectivity index (χ0v) is 20.5. The zero-order chi connectivity index (χ0) is 26.2. The maximum Gasteiger partial charge on any atom is 0.255 e. The van der Waals surface area contributed by atoms with Gasteiger partial charge in [0, 0.05) is 57.8 Å². The summed E-state index contributed by atoms with van der Waals surface area (Å²) in [6.07, 6.45) is 12.3. The van der Waals surface area contributed by atoms with Gasteiger partial charge < -0.3 is 10.3 Å². The van der Waals surface area contributed by atoms with E-state index in [0.29, 0.717) is 16.9 Å². The molecule has 6 aromatic heterocycles. The third kappa shape index (κ3) is 4.17. The molecule has 39 heavy (non-hydrogen) atoms. The lowest BCUT2D eigenvalue weighted by Crippen LogP contribution is -2.11. The van der Waals surface area contributed by atoms with Crippen molar-refractivity contribution in [3.63, 3.8) is 0 Å². The molecule has 186 valence electrons. The van der Waals surface area contributed by atoms with E-state index in [1.807, 2.05) is 54.9 Å². The van der Waals surface area contributed by atoms with Gasteiger partial charge in [-0.25, -0.2) is 0 Å². The number of anilines is 1. The minimum absolute atomic E-state index is 0.200. The molecule has 0 spiro atoms. The molecule has 9 nitrogen and oxygen atoms in total. The average molecular weight is 509 g/mol. The molecule has 1 amide bonds. The first-order chi connectivity index (χ1) is 19.2. The van der Waals surface area contributed by atoms with E-state index < -0.39 is 0 Å². The second-order valence-corrected chi connectivity index (χ2v) is 9.04. The maximum atomic E-state index is 12.6. The van der Waals surface area contributed by atoms with Crippen LogP contribution in [0, 0.1) is 0 Å². The Hall–Kier alpha value is -5.70. The molecule has 3 N–H and O–H groups in total. The van der Waals surface area contributed by atoms with E-state index >= 15 is 0 Å². The first-order valence-electron chi connectivity index (χ1n) is 12.3. The summed E-state index contributed by atoms with van der Waals surface area (Å²) >= 11 is 0. The zero-order valence-electron chi connectivity index (χ0n) is 20.5. The number of nitrogens with zero attached hydrogens (tertiary/aromatic N) is 5. The van der Waals surface area contributed by atoms with Crippen molar-refractivity contribution in [2.45, 2.75) is 0 Å². The van der Waals surface area contributed by atoms with Crippen molar-refractivity contribution in [2.75, 3.05) is 5.32 Å². The number of fused-ring (bicyclic) bond motifs is 2. The van der Waals surface area contributed by atoms with Gasteiger partial charge in [-0.2, -0.15) is 5.10 Å². The van der Waals surface area contributed by atoms with Crippen molar-refractivity contribution in [3.05, 3.63) is 110 Å². The van der Waals surface area contributed by atoms with Gasteiger partial charge in [0.2, 0.25) is 0 Å². The summed E-state index contributed by atoms with van der Waals surface area (Å²) in [5.41, 5.74) is 7.96. The highest BCUT2D eigenvalue weighted by atomic mass is 16.1. The van der Waals surface area contributed by atoms with Gasteiger partial charge in [-0.3, -0.25) is 29.8 Å². The molecule has 0 aliphatic rings. The fourth-order valence-electron chi connectivity index (χ4n) is 4.65. The lowest BCUT2D eigenvalue weighted by Gasteiger charge is -2.07. The van der Waals surface area contributed by atoms with Gasteiger partial charge in [-0.15, -0.1) is 0 Å². The summed E-state index contributed by atoms with van der Waals surface area (Å²) in [6.45, 7) is 0. The molecular weight excluding hydrogens is 488 g/mol. The number of aromatic nitrogens is 7. The molecule has 0 radical (unpaired) electrons. The first kappa shape index (κ1) is 22.5. The second-order valence-electron chi connectivity index (χ2n) is 9.04. The van der Waals surface area contributed by atoms with Gasteiger partial charge in [-0.1, -0.05) is 24.3 Å². The van der Waals surface area contributed by atoms with Gasteiger partial charge in [0.25, 0.3) is 5.91 Å². The van der Waals surface area contributed by atoms with Gasteiger partial charge >= 0.3 is 0 Å². The van der Waals surface area contributed by atoms with E-state index in [-0.39, 0.29) is 5.91 Å². The van der Waals surface area contributed by atoms with E-state index in [2.05, 4.69) is 46.5 Å². The van der Waals surface area contributed by atoms with Crippen LogP contribution in [0.25, 0.3) is 55.6 Å². The number of carbonyl (C=O) groups is 1. The Morgan fingerprint density at radius 3 is 2.49 bits per heavy atom. The summed E-state index contributed by atoms with van der Waals surface area (Å²) in [5, 5.41) is 12.5. The molecule has 1 aromatic carbocycles. The molecule has 6 heterocycles. The molecule has 0 saturated heterocycles. The van der Waals surface area contributed by atoms with E-state index in [1.54, 1.807) is 43.1 Å². The number of nitrogens with one attached hydrogen (secondary N) is 3. The highest BCUT2D eigenvalue weighted by Gasteiger charge is 2.16. The van der Waals surface area contributed by atoms with E-state index in [1.165, 1.54) is 0 Å². The Morgan fingerprint density at radius 2 is 1.62 bits per heavy atom. The van der Waals surface area contributed by atoms with Crippen molar-refractivity contribution in [2.24, 2.45) is 0 Å². The normalized spacial score (nSPS) is 11.2. The van der Waals surface area contributed by atoms with Crippen LogP contribution in [0.4, 0.5) is 5.69 Å². The number of pyridine rings is 4. The molecule has 0 aliphatic heterocycles. The van der Waals surface area contributed by atoms with Gasteiger partial charge in [0.15, 0.2) is 0 Å². The predicted octanol–water partition coefficient (Wildman–Crippen LogP) is 5.88. The summed E-state index contributed by atoms with van der Waals surface area (Å²) in [6, 6.07) is 18.9. The van der Waals surface area contributed by atoms with Crippen molar-refractivity contribution >= 4 is 33.4 Å². The predicted molar refractivity (Wildman–Crippen MR) is 150 cm³/mol. The number of aromatic amines is 2. The van der Waals surface area contributed by atoms with Crippen molar-refractivity contribution in [1.82, 2.24) is 35.1 Å². The highest BCUT2D eigenvalue weighted by molar-refractivity contribution is 6.04. The number of carbonyl (C=O) groups excluding carboxylic acids is 1. The van der Waals surface area contributed by atoms with Crippen LogP contribution in [-0.4, -0.2) is 41.0 Å². The van der Waals surface area contributed by atoms with Crippen molar-refractivity contribution in [3.8, 4) is 33.8 Å². The topological polar surface area (TPSA) is 125 Å². The number of hydrogen-bond acceptors (Lipinski definition) is 6. The fourth-order valence-corrected chi connectivity index (χ4v) is 4.65. The largest absolute Gasteiger partial charge is 0.352 e. The number of H-pyrrole nitrogens is 2. The van der Waals surface area contributed by atoms with Gasteiger partial charge in [-0.05, 0) is 36.4 Å². The van der Waals surface area contributed by atoms with Crippen LogP contribution >= 0.6 is 0 Å². The van der Waals surface area contributed by atoms with Gasteiger partial charge in [0.05, 0.1) is 46.7 Å². The lowest BCUT2D eigenvalue weighted by molar-refractivity contribution is 0.102. The quantitative estimate of drug-likeness (QED) is 0.267. The third-order valence-electron chi connectivity index (χ3n) is 6.55. The summed E-state index contributed by atoms with van der Waals surface area (Å²) in [4.78, 5) is 33.7. The maximum absolute atomic E-state index is 12.6. The first-order valence-corrected chi connectivity index (χ1v) is 12.3. The Labute approximate surface area is 222 Å². The molecule has 0 unspecified atom stereocenters. The number of hydrogen-bond donors (Lipinski definition) is 3. The molecule has 0 atom stereocenters. The number of amides is 1. The van der Waals surface area contributed by atoms with Crippen LogP contribution in [0.3, 0.4) is 0 Å². The summed E-state index contributed by atoms with van der Waals surface area (Å²) in [5.74, 6) is -0.200. The molecule has 7 aromatic rings. The minimum Gasteiger partial charge on any atom is -0.352 e. The van der Waals surface area contributed by atoms with Gasteiger partial charge in [0.1, 0.15) is 5.69 Å². The SMILES string of the molecule is O=C(Nc1cncc(-c2cc3c(-c4cc5c(-c6cccnc6)cncc5[nH]4)n[nH]c3cn2)c1)c1ccccc1. The van der Waals surface area contributed by atoms with Crippen LogP contribution < -0.4 is 5.32 Å². The molecule has 0 fully saturated rings. The Balaban J connectivity index is 1.25. The van der Waals surface area contributed by atoms with Crippen LogP contribution in [0.2, 0.25) is 0 Å². The second kappa shape index (κ2) is 9.31. The van der Waals surface area contributed by atoms with Crippen LogP contribution in [-0.2, 0) is 0 Å². The monoisotopic (exact) mass is 508 g/mol. The highest BCUT2D eigenvalue weighted by Crippen LogP contribution is 2.34. The summed E-state index contributed by atoms with van der Waals surface area (Å²) in [7, 11) is 0. The van der Waals surface area contributed by atoms with E-state index in [0.717, 1.165) is 49.9 Å². The van der Waals surface area contributed by atoms with E-state index in [9.17, 15) is 4.79 Å². The Morgan fingerprint density at radius 1 is 0.744 bits per heavy atom. The van der Waals surface area contributed by atoms with Crippen LogP contribution in [0.1, 0.15) is 10.4 Å². The fraction of sp³-hybridized carbons (Fsp3) is 0. The number of benzene rings is 1. The van der Waals surface area contributed by atoms with Crippen molar-refractivity contribution in [1.29, 1.82) is 0 Å². The number of rotatable bonds is 5. The minimum atomic E-state index is -0.200. The smallest absolute Gasteiger partial charge is 0.255 e. The van der Waals surface area contributed by atoms with E-state index in [4.69, 9.17) is 0 Å². The van der Waals surface area contributed by atoms with Crippen molar-refractivity contribution < 1.29 is 4.79 Å². The lowest BCUT2D eigenvalue weighted by atomic mass is 10.1. The van der Waals surface area contributed by atoms with Crippen LogP contribution in [0.15, 0.2) is 104 Å². The average Bonchev–Trinajstić information content (AvgIpc) is 3.62. The molecule has 9 heteroatoms. The molecule has 0 bridgehead atoms. The Kier molecular flexibility index (Phi) is 5.37.